The van der Waals surface area contributed by atoms with Crippen molar-refractivity contribution in [3.63, 3.8) is 0 Å². The third-order valence-electron chi connectivity index (χ3n) is 3.71. The summed E-state index contributed by atoms with van der Waals surface area (Å²) in [5.41, 5.74) is 0. The van der Waals surface area contributed by atoms with E-state index < -0.39 is 12.0 Å². The van der Waals surface area contributed by atoms with Crippen molar-refractivity contribution in [2.75, 3.05) is 13.1 Å². The highest BCUT2D eigenvalue weighted by Gasteiger charge is 2.28. The van der Waals surface area contributed by atoms with Crippen molar-refractivity contribution in [1.82, 2.24) is 10.2 Å². The Hall–Kier alpha value is -1.26. The van der Waals surface area contributed by atoms with E-state index in [9.17, 15) is 9.59 Å². The van der Waals surface area contributed by atoms with E-state index >= 15 is 0 Å². The summed E-state index contributed by atoms with van der Waals surface area (Å²) in [6, 6.07) is -0.972. The molecule has 0 aromatic heterocycles. The van der Waals surface area contributed by atoms with Gasteiger partial charge >= 0.3 is 12.0 Å². The molecule has 2 N–H and O–H groups in total. The van der Waals surface area contributed by atoms with Gasteiger partial charge in [-0.1, -0.05) is 33.1 Å². The molecule has 1 saturated heterocycles. The van der Waals surface area contributed by atoms with Gasteiger partial charge in [-0.2, -0.15) is 0 Å². The van der Waals surface area contributed by atoms with E-state index in [1.54, 1.807) is 4.90 Å². The van der Waals surface area contributed by atoms with Crippen molar-refractivity contribution in [1.29, 1.82) is 0 Å². The van der Waals surface area contributed by atoms with Crippen LogP contribution in [0.25, 0.3) is 0 Å². The Morgan fingerprint density at radius 2 is 2.11 bits per heavy atom. The number of carboxylic acid groups (broad SMARTS) is 1. The minimum atomic E-state index is -0.939. The molecule has 0 aliphatic carbocycles. The highest BCUT2D eigenvalue weighted by atomic mass is 16.4. The predicted octanol–water partition coefficient (Wildman–Crippen LogP) is 2.46. The topological polar surface area (TPSA) is 69.6 Å². The second-order valence-corrected chi connectivity index (χ2v) is 5.37. The number of carbonyl (C=O) groups excluding carboxylic acids is 1. The van der Waals surface area contributed by atoms with Gasteiger partial charge in [-0.25, -0.2) is 9.59 Å². The number of urea groups is 1. The van der Waals surface area contributed by atoms with Gasteiger partial charge in [0.15, 0.2) is 0 Å². The minimum Gasteiger partial charge on any atom is -0.480 e. The van der Waals surface area contributed by atoms with Gasteiger partial charge in [-0.3, -0.25) is 0 Å². The molecule has 2 amide bonds. The third-order valence-corrected chi connectivity index (χ3v) is 3.71. The van der Waals surface area contributed by atoms with E-state index in [1.165, 1.54) is 0 Å². The predicted molar refractivity (Wildman–Crippen MR) is 74.1 cm³/mol. The van der Waals surface area contributed by atoms with Crippen LogP contribution in [0.3, 0.4) is 0 Å². The summed E-state index contributed by atoms with van der Waals surface area (Å²) in [4.78, 5) is 24.9. The minimum absolute atomic E-state index is 0.220. The molecule has 0 radical (unpaired) electrons. The van der Waals surface area contributed by atoms with Crippen molar-refractivity contribution in [3.05, 3.63) is 0 Å². The average molecular weight is 270 g/mol. The number of nitrogens with zero attached hydrogens (tertiary/aromatic N) is 1. The SMILES string of the molecule is CCCCC(NC(=O)N1CCC(CCC)C1)C(=O)O. The summed E-state index contributed by atoms with van der Waals surface area (Å²) in [6.07, 6.45) is 5.56. The van der Waals surface area contributed by atoms with E-state index in [4.69, 9.17) is 5.11 Å². The number of likely N-dealkylation sites (tertiary alicyclic amines) is 1. The van der Waals surface area contributed by atoms with Gasteiger partial charge in [0.2, 0.25) is 0 Å². The van der Waals surface area contributed by atoms with Crippen molar-refractivity contribution < 1.29 is 14.7 Å². The number of carbonyl (C=O) groups is 2. The van der Waals surface area contributed by atoms with Gasteiger partial charge in [-0.15, -0.1) is 0 Å². The normalized spacial score (nSPS) is 20.3. The molecule has 1 rings (SSSR count). The van der Waals surface area contributed by atoms with Gasteiger partial charge in [0.05, 0.1) is 0 Å². The summed E-state index contributed by atoms with van der Waals surface area (Å²) in [5, 5.41) is 11.7. The van der Waals surface area contributed by atoms with E-state index in [0.717, 1.165) is 45.2 Å². The maximum Gasteiger partial charge on any atom is 0.326 e. The van der Waals surface area contributed by atoms with Crippen LogP contribution in [0, 0.1) is 5.92 Å². The first-order chi connectivity index (χ1) is 9.08. The maximum atomic E-state index is 12.0. The van der Waals surface area contributed by atoms with E-state index in [-0.39, 0.29) is 6.03 Å². The van der Waals surface area contributed by atoms with Crippen LogP contribution in [0.5, 0.6) is 0 Å². The Bertz CT molecular complexity index is 307. The van der Waals surface area contributed by atoms with E-state index in [2.05, 4.69) is 12.2 Å². The molecular weight excluding hydrogens is 244 g/mol. The fourth-order valence-electron chi connectivity index (χ4n) is 2.57. The quantitative estimate of drug-likeness (QED) is 0.746. The molecule has 2 unspecified atom stereocenters. The first-order valence-corrected chi connectivity index (χ1v) is 7.36. The lowest BCUT2D eigenvalue weighted by atomic mass is 10.0. The number of hydrogen-bond acceptors (Lipinski definition) is 2. The highest BCUT2D eigenvalue weighted by molar-refractivity contribution is 5.82. The second-order valence-electron chi connectivity index (χ2n) is 5.37. The Morgan fingerprint density at radius 1 is 1.37 bits per heavy atom. The molecule has 0 aromatic rings. The molecule has 1 aliphatic heterocycles. The Kier molecular flexibility index (Phi) is 6.67. The fourth-order valence-corrected chi connectivity index (χ4v) is 2.57. The summed E-state index contributed by atoms with van der Waals surface area (Å²) in [5.74, 6) is -0.360. The average Bonchev–Trinajstić information content (AvgIpc) is 2.83. The number of unbranched alkanes of at least 4 members (excludes halogenated alkanes) is 1. The second kappa shape index (κ2) is 8.02. The number of carboxylic acids is 1. The summed E-state index contributed by atoms with van der Waals surface area (Å²) >= 11 is 0. The summed E-state index contributed by atoms with van der Waals surface area (Å²) in [7, 11) is 0. The lowest BCUT2D eigenvalue weighted by Gasteiger charge is -2.21. The largest absolute Gasteiger partial charge is 0.480 e. The van der Waals surface area contributed by atoms with Crippen LogP contribution in [-0.2, 0) is 4.79 Å². The highest BCUT2D eigenvalue weighted by Crippen LogP contribution is 2.20. The molecule has 0 saturated carbocycles. The standard InChI is InChI=1S/C14H26N2O3/c1-3-5-7-12(13(17)18)15-14(19)16-9-8-11(10-16)6-4-2/h11-12H,3-10H2,1-2H3,(H,15,19)(H,17,18). The van der Waals surface area contributed by atoms with Crippen LogP contribution in [-0.4, -0.2) is 41.1 Å². The Labute approximate surface area is 115 Å². The molecule has 1 fully saturated rings. The number of nitrogens with one attached hydrogen (secondary N) is 1. The van der Waals surface area contributed by atoms with Crippen LogP contribution in [0.1, 0.15) is 52.4 Å². The molecule has 1 aliphatic rings. The molecule has 0 aromatic carbocycles. The van der Waals surface area contributed by atoms with Crippen molar-refractivity contribution in [3.8, 4) is 0 Å². The van der Waals surface area contributed by atoms with E-state index in [1.807, 2.05) is 6.92 Å². The lowest BCUT2D eigenvalue weighted by molar-refractivity contribution is -0.139. The van der Waals surface area contributed by atoms with Crippen LogP contribution in [0.2, 0.25) is 0 Å². The van der Waals surface area contributed by atoms with Crippen molar-refractivity contribution >= 4 is 12.0 Å². The number of amides is 2. The zero-order valence-corrected chi connectivity index (χ0v) is 12.0. The van der Waals surface area contributed by atoms with Gasteiger partial charge in [0.1, 0.15) is 6.04 Å². The Morgan fingerprint density at radius 3 is 2.68 bits per heavy atom. The molecule has 2 atom stereocenters. The summed E-state index contributed by atoms with van der Waals surface area (Å²) in [6.45, 7) is 5.67. The zero-order valence-electron chi connectivity index (χ0n) is 12.0. The van der Waals surface area contributed by atoms with Crippen LogP contribution < -0.4 is 5.32 Å². The van der Waals surface area contributed by atoms with Crippen LogP contribution in [0.15, 0.2) is 0 Å². The monoisotopic (exact) mass is 270 g/mol. The van der Waals surface area contributed by atoms with Crippen LogP contribution in [0.4, 0.5) is 4.79 Å². The Balaban J connectivity index is 2.42. The van der Waals surface area contributed by atoms with Crippen molar-refractivity contribution in [2.24, 2.45) is 5.92 Å². The molecule has 0 bridgehead atoms. The first-order valence-electron chi connectivity index (χ1n) is 7.36. The molecule has 19 heavy (non-hydrogen) atoms. The fraction of sp³-hybridized carbons (Fsp3) is 0.857. The van der Waals surface area contributed by atoms with Crippen LogP contribution >= 0.6 is 0 Å². The lowest BCUT2D eigenvalue weighted by Crippen LogP contribution is -2.47. The summed E-state index contributed by atoms with van der Waals surface area (Å²) < 4.78 is 0. The number of aliphatic carboxylic acids is 1. The first kappa shape index (κ1) is 15.8. The molecule has 5 nitrogen and oxygen atoms in total. The molecule has 110 valence electrons. The number of rotatable bonds is 7. The molecule has 0 spiro atoms. The third kappa shape index (κ3) is 5.09. The van der Waals surface area contributed by atoms with Crippen molar-refractivity contribution in [2.45, 2.75) is 58.4 Å². The van der Waals surface area contributed by atoms with E-state index in [0.29, 0.717) is 12.3 Å². The number of hydrogen-bond donors (Lipinski definition) is 2. The van der Waals surface area contributed by atoms with Gasteiger partial charge in [-0.05, 0) is 25.2 Å². The van der Waals surface area contributed by atoms with Gasteiger partial charge < -0.3 is 15.3 Å². The zero-order chi connectivity index (χ0) is 14.3. The maximum absolute atomic E-state index is 12.0. The molecule has 1 heterocycles. The van der Waals surface area contributed by atoms with Gasteiger partial charge in [0, 0.05) is 13.1 Å². The molecular formula is C14H26N2O3. The molecule has 5 heteroatoms. The van der Waals surface area contributed by atoms with Gasteiger partial charge in [0.25, 0.3) is 0 Å². The smallest absolute Gasteiger partial charge is 0.326 e.